The zero-order chi connectivity index (χ0) is 9.68. The predicted molar refractivity (Wildman–Crippen MR) is 51.7 cm³/mol. The molecule has 0 aromatic carbocycles. The molecule has 1 saturated heterocycles. The summed E-state index contributed by atoms with van der Waals surface area (Å²) >= 11 is 0. The van der Waals surface area contributed by atoms with E-state index in [2.05, 4.69) is 17.3 Å². The summed E-state index contributed by atoms with van der Waals surface area (Å²) in [4.78, 5) is 2.33. The number of ether oxygens (including phenoxy) is 2. The molecular formula is C9H20N2O2. The number of methoxy groups -OCH3 is 2. The van der Waals surface area contributed by atoms with E-state index in [1.54, 1.807) is 14.2 Å². The first kappa shape index (κ1) is 10.9. The highest BCUT2D eigenvalue weighted by molar-refractivity contribution is 4.78. The molecule has 0 aliphatic carbocycles. The lowest BCUT2D eigenvalue weighted by atomic mass is 10.2. The molecule has 1 heterocycles. The minimum atomic E-state index is -0.120. The van der Waals surface area contributed by atoms with Gasteiger partial charge in [0.15, 0.2) is 6.29 Å². The van der Waals surface area contributed by atoms with Gasteiger partial charge in [0.2, 0.25) is 0 Å². The summed E-state index contributed by atoms with van der Waals surface area (Å²) < 4.78 is 10.2. The Bertz CT molecular complexity index is 140. The van der Waals surface area contributed by atoms with Crippen molar-refractivity contribution in [3.8, 4) is 0 Å². The molecule has 13 heavy (non-hydrogen) atoms. The lowest BCUT2D eigenvalue weighted by molar-refractivity contribution is -0.0997. The predicted octanol–water partition coefficient (Wildman–Crippen LogP) is -0.101. The number of rotatable bonds is 5. The standard InChI is InChI=1S/C9H20N2O2/c1-11-5-4-8(7-11)10-6-9(12-2)13-3/h8-10H,4-7H2,1-3H3. The van der Waals surface area contributed by atoms with Gasteiger partial charge in [-0.15, -0.1) is 0 Å². The molecule has 1 rings (SSSR count). The van der Waals surface area contributed by atoms with Gasteiger partial charge >= 0.3 is 0 Å². The number of likely N-dealkylation sites (N-methyl/N-ethyl adjacent to an activating group) is 1. The molecule has 1 atom stereocenters. The van der Waals surface area contributed by atoms with E-state index in [1.165, 1.54) is 13.0 Å². The van der Waals surface area contributed by atoms with Crippen molar-refractivity contribution in [1.82, 2.24) is 10.2 Å². The maximum Gasteiger partial charge on any atom is 0.169 e. The molecule has 1 aliphatic rings. The maximum absolute atomic E-state index is 5.09. The van der Waals surface area contributed by atoms with Gasteiger partial charge in [-0.1, -0.05) is 0 Å². The molecule has 1 aliphatic heterocycles. The summed E-state index contributed by atoms with van der Waals surface area (Å²) in [5.74, 6) is 0. The SMILES string of the molecule is COC(CNC1CCN(C)C1)OC. The lowest BCUT2D eigenvalue weighted by Crippen LogP contribution is -2.38. The van der Waals surface area contributed by atoms with Crippen molar-refractivity contribution < 1.29 is 9.47 Å². The molecule has 0 saturated carbocycles. The van der Waals surface area contributed by atoms with E-state index in [-0.39, 0.29) is 6.29 Å². The van der Waals surface area contributed by atoms with Crippen LogP contribution in [0.3, 0.4) is 0 Å². The minimum absolute atomic E-state index is 0.120. The van der Waals surface area contributed by atoms with Crippen LogP contribution in [0.1, 0.15) is 6.42 Å². The third kappa shape index (κ3) is 3.60. The summed E-state index contributed by atoms with van der Waals surface area (Å²) in [6, 6.07) is 0.595. The van der Waals surface area contributed by atoms with Gasteiger partial charge in [0.05, 0.1) is 0 Å². The largest absolute Gasteiger partial charge is 0.355 e. The Labute approximate surface area is 80.2 Å². The van der Waals surface area contributed by atoms with Crippen LogP contribution < -0.4 is 5.32 Å². The van der Waals surface area contributed by atoms with Gasteiger partial charge in [0, 0.05) is 33.4 Å². The van der Waals surface area contributed by atoms with Gasteiger partial charge in [0.25, 0.3) is 0 Å². The molecule has 78 valence electrons. The van der Waals surface area contributed by atoms with Crippen LogP contribution in [0.5, 0.6) is 0 Å². The third-order valence-electron chi connectivity index (χ3n) is 2.49. The van der Waals surface area contributed by atoms with Crippen LogP contribution >= 0.6 is 0 Å². The second kappa shape index (κ2) is 5.54. The molecule has 4 nitrogen and oxygen atoms in total. The Hall–Kier alpha value is -0.160. The fourth-order valence-electron chi connectivity index (χ4n) is 1.63. The number of likely N-dealkylation sites (tertiary alicyclic amines) is 1. The molecule has 0 radical (unpaired) electrons. The van der Waals surface area contributed by atoms with Gasteiger partial charge < -0.3 is 19.7 Å². The van der Waals surface area contributed by atoms with Crippen molar-refractivity contribution in [1.29, 1.82) is 0 Å². The van der Waals surface area contributed by atoms with Crippen molar-refractivity contribution in [2.45, 2.75) is 18.8 Å². The van der Waals surface area contributed by atoms with Crippen LogP contribution in [0.15, 0.2) is 0 Å². The van der Waals surface area contributed by atoms with Crippen LogP contribution in [0.25, 0.3) is 0 Å². The van der Waals surface area contributed by atoms with E-state index in [1.807, 2.05) is 0 Å². The molecular weight excluding hydrogens is 168 g/mol. The van der Waals surface area contributed by atoms with Gasteiger partial charge in [-0.2, -0.15) is 0 Å². The Morgan fingerprint density at radius 1 is 1.46 bits per heavy atom. The van der Waals surface area contributed by atoms with Gasteiger partial charge in [-0.05, 0) is 20.0 Å². The number of nitrogens with one attached hydrogen (secondary N) is 1. The second-order valence-electron chi connectivity index (χ2n) is 3.56. The summed E-state index contributed by atoms with van der Waals surface area (Å²) in [6.07, 6.45) is 1.10. The fraction of sp³-hybridized carbons (Fsp3) is 1.00. The smallest absolute Gasteiger partial charge is 0.169 e. The average molecular weight is 188 g/mol. The first-order valence-corrected chi connectivity index (χ1v) is 4.73. The quantitative estimate of drug-likeness (QED) is 0.611. The van der Waals surface area contributed by atoms with Gasteiger partial charge in [-0.25, -0.2) is 0 Å². The van der Waals surface area contributed by atoms with Crippen molar-refractivity contribution >= 4 is 0 Å². The van der Waals surface area contributed by atoms with Gasteiger partial charge in [-0.3, -0.25) is 0 Å². The second-order valence-corrected chi connectivity index (χ2v) is 3.56. The molecule has 0 aromatic heterocycles. The minimum Gasteiger partial charge on any atom is -0.355 e. The van der Waals surface area contributed by atoms with Crippen LogP contribution in [0.2, 0.25) is 0 Å². The number of nitrogens with zero attached hydrogens (tertiary/aromatic N) is 1. The monoisotopic (exact) mass is 188 g/mol. The zero-order valence-corrected chi connectivity index (χ0v) is 8.75. The van der Waals surface area contributed by atoms with Crippen LogP contribution in [-0.4, -0.2) is 58.1 Å². The molecule has 1 fully saturated rings. The molecule has 0 bridgehead atoms. The Morgan fingerprint density at radius 3 is 2.62 bits per heavy atom. The highest BCUT2D eigenvalue weighted by Gasteiger charge is 2.19. The van der Waals surface area contributed by atoms with Crippen molar-refractivity contribution in [2.75, 3.05) is 40.9 Å². The first-order valence-electron chi connectivity index (χ1n) is 4.73. The maximum atomic E-state index is 5.09. The van der Waals surface area contributed by atoms with E-state index in [0.29, 0.717) is 6.04 Å². The Balaban J connectivity index is 2.11. The zero-order valence-electron chi connectivity index (χ0n) is 8.75. The van der Waals surface area contributed by atoms with E-state index >= 15 is 0 Å². The molecule has 0 spiro atoms. The topological polar surface area (TPSA) is 33.7 Å². The normalized spacial score (nSPS) is 24.5. The van der Waals surface area contributed by atoms with E-state index < -0.39 is 0 Å². The Kier molecular flexibility index (Phi) is 4.66. The van der Waals surface area contributed by atoms with Crippen LogP contribution in [0.4, 0.5) is 0 Å². The van der Waals surface area contributed by atoms with Crippen molar-refractivity contribution in [2.24, 2.45) is 0 Å². The molecule has 0 amide bonds. The molecule has 1 N–H and O–H groups in total. The van der Waals surface area contributed by atoms with Crippen molar-refractivity contribution in [3.63, 3.8) is 0 Å². The summed E-state index contributed by atoms with van der Waals surface area (Å²) in [5.41, 5.74) is 0. The summed E-state index contributed by atoms with van der Waals surface area (Å²) in [7, 11) is 5.47. The van der Waals surface area contributed by atoms with E-state index in [4.69, 9.17) is 9.47 Å². The number of hydrogen-bond acceptors (Lipinski definition) is 4. The fourth-order valence-corrected chi connectivity index (χ4v) is 1.63. The Morgan fingerprint density at radius 2 is 2.15 bits per heavy atom. The van der Waals surface area contributed by atoms with E-state index in [9.17, 15) is 0 Å². The van der Waals surface area contributed by atoms with Gasteiger partial charge in [0.1, 0.15) is 0 Å². The first-order chi connectivity index (χ1) is 6.26. The highest BCUT2D eigenvalue weighted by Crippen LogP contribution is 2.05. The average Bonchev–Trinajstić information content (AvgIpc) is 2.53. The molecule has 4 heteroatoms. The van der Waals surface area contributed by atoms with Crippen LogP contribution in [-0.2, 0) is 9.47 Å². The third-order valence-corrected chi connectivity index (χ3v) is 2.49. The van der Waals surface area contributed by atoms with E-state index in [0.717, 1.165) is 13.1 Å². The molecule has 0 aromatic rings. The van der Waals surface area contributed by atoms with Crippen molar-refractivity contribution in [3.05, 3.63) is 0 Å². The highest BCUT2D eigenvalue weighted by atomic mass is 16.7. The summed E-state index contributed by atoms with van der Waals surface area (Å²) in [6.45, 7) is 3.08. The summed E-state index contributed by atoms with van der Waals surface area (Å²) in [5, 5.41) is 3.42. The lowest BCUT2D eigenvalue weighted by Gasteiger charge is -2.17. The van der Waals surface area contributed by atoms with Crippen LogP contribution in [0, 0.1) is 0 Å². The number of hydrogen-bond donors (Lipinski definition) is 1. The molecule has 1 unspecified atom stereocenters.